The number of rotatable bonds is 4. The molecule has 0 saturated carbocycles. The summed E-state index contributed by atoms with van der Waals surface area (Å²) in [7, 11) is 1.89. The van der Waals surface area contributed by atoms with E-state index in [1.165, 1.54) is 11.8 Å². The molecule has 0 aliphatic carbocycles. The van der Waals surface area contributed by atoms with Crippen molar-refractivity contribution in [2.24, 2.45) is 0 Å². The zero-order chi connectivity index (χ0) is 18.8. The Hall–Kier alpha value is -3.11. The van der Waals surface area contributed by atoms with E-state index in [4.69, 9.17) is 0 Å². The Labute approximate surface area is 162 Å². The molecule has 4 rings (SSSR count). The van der Waals surface area contributed by atoms with Gasteiger partial charge in [-0.15, -0.1) is 0 Å². The summed E-state index contributed by atoms with van der Waals surface area (Å²) in [5.41, 5.74) is 2.22. The van der Waals surface area contributed by atoms with Crippen LogP contribution in [0.1, 0.15) is 20.7 Å². The fourth-order valence-corrected chi connectivity index (χ4v) is 4.27. The molecular weight excluding hydrogens is 354 g/mol. The van der Waals surface area contributed by atoms with Crippen molar-refractivity contribution in [2.75, 3.05) is 11.9 Å². The summed E-state index contributed by atoms with van der Waals surface area (Å²) in [6.45, 7) is 0. The maximum atomic E-state index is 13.3. The van der Waals surface area contributed by atoms with Crippen LogP contribution in [0.2, 0.25) is 0 Å². The molecule has 0 amide bonds. The van der Waals surface area contributed by atoms with Crippen molar-refractivity contribution in [2.45, 2.75) is 4.90 Å². The first-order valence-electron chi connectivity index (χ1n) is 8.61. The van der Waals surface area contributed by atoms with Crippen molar-refractivity contribution in [1.29, 1.82) is 0 Å². The third-order valence-corrected chi connectivity index (χ3v) is 5.71. The highest BCUT2D eigenvalue weighted by Crippen LogP contribution is 2.46. The van der Waals surface area contributed by atoms with Gasteiger partial charge in [0.25, 0.3) is 0 Å². The van der Waals surface area contributed by atoms with Gasteiger partial charge in [0.1, 0.15) is 5.57 Å². The summed E-state index contributed by atoms with van der Waals surface area (Å²) in [5.74, 6) is -0.516. The molecule has 132 valence electrons. The van der Waals surface area contributed by atoms with Crippen LogP contribution < -0.4 is 4.90 Å². The number of thioether (sulfide) groups is 1. The van der Waals surface area contributed by atoms with Crippen molar-refractivity contribution in [3.63, 3.8) is 0 Å². The molecule has 1 heterocycles. The molecule has 27 heavy (non-hydrogen) atoms. The van der Waals surface area contributed by atoms with Gasteiger partial charge in [0.15, 0.2) is 11.6 Å². The van der Waals surface area contributed by atoms with Gasteiger partial charge >= 0.3 is 0 Å². The first-order chi connectivity index (χ1) is 13.2. The van der Waals surface area contributed by atoms with E-state index in [2.05, 4.69) is 0 Å². The lowest BCUT2D eigenvalue weighted by molar-refractivity contribution is 0.0961. The van der Waals surface area contributed by atoms with Gasteiger partial charge in [-0.05, 0) is 12.1 Å². The van der Waals surface area contributed by atoms with Crippen molar-refractivity contribution in [3.8, 4) is 0 Å². The van der Waals surface area contributed by atoms with Crippen molar-refractivity contribution in [1.82, 2.24) is 0 Å². The van der Waals surface area contributed by atoms with E-state index in [1.807, 2.05) is 72.6 Å². The number of carbonyl (C=O) groups is 2. The standard InChI is InChI=1S/C23H17NO2S/c1-24-18-14-8-9-15-19(18)27-23(24)20(21(25)16-10-4-2-5-11-16)22(26)17-12-6-3-7-13-17/h2-15H,1H3. The summed E-state index contributed by atoms with van der Waals surface area (Å²) in [6.07, 6.45) is 0. The second-order valence-corrected chi connectivity index (χ2v) is 7.23. The minimum atomic E-state index is -0.258. The number of carbonyl (C=O) groups excluding carboxylic acids is 2. The van der Waals surface area contributed by atoms with E-state index in [0.717, 1.165) is 10.6 Å². The van der Waals surface area contributed by atoms with E-state index >= 15 is 0 Å². The van der Waals surface area contributed by atoms with Gasteiger partial charge in [-0.3, -0.25) is 9.59 Å². The van der Waals surface area contributed by atoms with Crippen molar-refractivity contribution < 1.29 is 9.59 Å². The van der Waals surface area contributed by atoms with Crippen LogP contribution in [0.5, 0.6) is 0 Å². The number of Topliss-reactive ketones (excluding diaryl/α,β-unsaturated/α-hetero) is 2. The third kappa shape index (κ3) is 3.20. The number of hydrogen-bond donors (Lipinski definition) is 0. The van der Waals surface area contributed by atoms with Crippen LogP contribution in [0.25, 0.3) is 0 Å². The molecule has 1 aliphatic rings. The maximum Gasteiger partial charge on any atom is 0.199 e. The molecule has 4 heteroatoms. The highest BCUT2D eigenvalue weighted by atomic mass is 32.2. The van der Waals surface area contributed by atoms with E-state index in [1.54, 1.807) is 24.3 Å². The summed E-state index contributed by atoms with van der Waals surface area (Å²) in [6, 6.07) is 25.8. The number of hydrogen-bond acceptors (Lipinski definition) is 4. The Morgan fingerprint density at radius 1 is 0.704 bits per heavy atom. The molecule has 0 aromatic heterocycles. The molecular formula is C23H17NO2S. The van der Waals surface area contributed by atoms with Crippen molar-refractivity contribution >= 4 is 29.0 Å². The zero-order valence-corrected chi connectivity index (χ0v) is 15.6. The number of nitrogens with zero attached hydrogens (tertiary/aromatic N) is 1. The molecule has 0 unspecified atom stereocenters. The van der Waals surface area contributed by atoms with Gasteiger partial charge < -0.3 is 4.90 Å². The predicted molar refractivity (Wildman–Crippen MR) is 109 cm³/mol. The van der Waals surface area contributed by atoms with Crippen LogP contribution in [-0.4, -0.2) is 18.6 Å². The fourth-order valence-electron chi connectivity index (χ4n) is 3.09. The van der Waals surface area contributed by atoms with E-state index in [9.17, 15) is 9.59 Å². The second-order valence-electron chi connectivity index (χ2n) is 6.20. The molecule has 0 N–H and O–H groups in total. The summed E-state index contributed by atoms with van der Waals surface area (Å²) < 4.78 is 0. The molecule has 1 aliphatic heterocycles. The topological polar surface area (TPSA) is 37.4 Å². The number of anilines is 1. The highest BCUT2D eigenvalue weighted by Gasteiger charge is 2.32. The lowest BCUT2D eigenvalue weighted by Gasteiger charge is -2.17. The minimum absolute atomic E-state index is 0.205. The average Bonchev–Trinajstić information content (AvgIpc) is 3.06. The number of ketones is 2. The summed E-state index contributed by atoms with van der Waals surface area (Å²) in [4.78, 5) is 29.6. The lowest BCUT2D eigenvalue weighted by Crippen LogP contribution is -2.21. The van der Waals surface area contributed by atoms with E-state index < -0.39 is 0 Å². The Balaban J connectivity index is 1.87. The van der Waals surface area contributed by atoms with Gasteiger partial charge in [0, 0.05) is 23.1 Å². The van der Waals surface area contributed by atoms with E-state index in [0.29, 0.717) is 16.2 Å². The normalized spacial score (nSPS) is 12.6. The van der Waals surface area contributed by atoms with Gasteiger partial charge in [-0.25, -0.2) is 0 Å². The second kappa shape index (κ2) is 7.25. The predicted octanol–water partition coefficient (Wildman–Crippen LogP) is 5.21. The molecule has 3 aromatic carbocycles. The smallest absolute Gasteiger partial charge is 0.199 e. The van der Waals surface area contributed by atoms with Crippen LogP contribution in [0.4, 0.5) is 5.69 Å². The molecule has 0 fully saturated rings. The Bertz CT molecular complexity index is 989. The molecule has 0 atom stereocenters. The van der Waals surface area contributed by atoms with Gasteiger partial charge in [0.2, 0.25) is 0 Å². The number of allylic oxidation sites excluding steroid dienone is 1. The first-order valence-corrected chi connectivity index (χ1v) is 9.43. The van der Waals surface area contributed by atoms with Gasteiger partial charge in [0.05, 0.1) is 10.7 Å². The molecule has 0 bridgehead atoms. The largest absolute Gasteiger partial charge is 0.337 e. The monoisotopic (exact) mass is 371 g/mol. The van der Waals surface area contributed by atoms with Crippen LogP contribution in [-0.2, 0) is 0 Å². The van der Waals surface area contributed by atoms with Crippen LogP contribution in [0.3, 0.4) is 0 Å². The Morgan fingerprint density at radius 3 is 1.70 bits per heavy atom. The molecule has 3 aromatic rings. The van der Waals surface area contributed by atoms with Gasteiger partial charge in [-0.1, -0.05) is 84.6 Å². The first kappa shape index (κ1) is 17.3. The Morgan fingerprint density at radius 2 is 1.19 bits per heavy atom. The van der Waals surface area contributed by atoms with Gasteiger partial charge in [-0.2, -0.15) is 0 Å². The third-order valence-electron chi connectivity index (χ3n) is 4.48. The van der Waals surface area contributed by atoms with E-state index in [-0.39, 0.29) is 17.1 Å². The fraction of sp³-hybridized carbons (Fsp3) is 0.0435. The maximum absolute atomic E-state index is 13.3. The number of benzene rings is 3. The quantitative estimate of drug-likeness (QED) is 0.273. The van der Waals surface area contributed by atoms with Crippen LogP contribution >= 0.6 is 11.8 Å². The van der Waals surface area contributed by atoms with Crippen LogP contribution in [0, 0.1) is 0 Å². The number of fused-ring (bicyclic) bond motifs is 1. The SMILES string of the molecule is CN1C(=C(C(=O)c2ccccc2)C(=O)c2ccccc2)Sc2ccccc21. The van der Waals surface area contributed by atoms with Crippen LogP contribution in [0.15, 0.2) is 100 Å². The zero-order valence-electron chi connectivity index (χ0n) is 14.8. The summed E-state index contributed by atoms with van der Waals surface area (Å²) in [5, 5.41) is 0.666. The highest BCUT2D eigenvalue weighted by molar-refractivity contribution is 8.03. The molecule has 3 nitrogen and oxygen atoms in total. The van der Waals surface area contributed by atoms with Crippen molar-refractivity contribution in [3.05, 3.63) is 107 Å². The molecule has 0 saturated heterocycles. The minimum Gasteiger partial charge on any atom is -0.337 e. The number of para-hydroxylation sites is 1. The molecule has 0 radical (unpaired) electrons. The summed E-state index contributed by atoms with van der Waals surface area (Å²) >= 11 is 1.46. The lowest BCUT2D eigenvalue weighted by atomic mass is 9.96. The molecule has 0 spiro atoms. The Kier molecular flexibility index (Phi) is 4.65. The average molecular weight is 371 g/mol.